The summed E-state index contributed by atoms with van der Waals surface area (Å²) in [5.41, 5.74) is 3.37. The SMILES string of the molecule is NNC(Cc1cccs1)C1(N2CCOCC2)CCCC1. The molecule has 0 bridgehead atoms. The van der Waals surface area contributed by atoms with Crippen LogP contribution in [0, 0.1) is 0 Å². The van der Waals surface area contributed by atoms with Gasteiger partial charge in [0.15, 0.2) is 0 Å². The van der Waals surface area contributed by atoms with Gasteiger partial charge in [0, 0.05) is 36.0 Å². The molecule has 2 heterocycles. The second-order valence-electron chi connectivity index (χ2n) is 5.91. The van der Waals surface area contributed by atoms with Crippen molar-refractivity contribution in [1.82, 2.24) is 10.3 Å². The lowest BCUT2D eigenvalue weighted by Gasteiger charge is -2.48. The number of rotatable bonds is 5. The Kier molecular flexibility index (Phi) is 4.73. The molecule has 5 heteroatoms. The third-order valence-corrected chi connectivity index (χ3v) is 5.84. The molecule has 3 rings (SSSR count). The average molecular weight is 295 g/mol. The molecule has 0 amide bonds. The number of hydrazine groups is 1. The summed E-state index contributed by atoms with van der Waals surface area (Å²) in [6, 6.07) is 4.68. The van der Waals surface area contributed by atoms with Gasteiger partial charge < -0.3 is 4.74 Å². The highest BCUT2D eigenvalue weighted by atomic mass is 32.1. The molecular formula is C15H25N3OS. The number of thiophene rings is 1. The van der Waals surface area contributed by atoms with Crippen molar-refractivity contribution in [1.29, 1.82) is 0 Å². The molecule has 1 atom stereocenters. The molecule has 1 aliphatic carbocycles. The lowest BCUT2D eigenvalue weighted by molar-refractivity contribution is -0.0356. The zero-order valence-corrected chi connectivity index (χ0v) is 12.8. The normalized spacial score (nSPS) is 24.9. The minimum absolute atomic E-state index is 0.225. The summed E-state index contributed by atoms with van der Waals surface area (Å²) in [4.78, 5) is 4.06. The van der Waals surface area contributed by atoms with Crippen LogP contribution in [0.25, 0.3) is 0 Å². The molecule has 2 fully saturated rings. The van der Waals surface area contributed by atoms with Gasteiger partial charge in [0.25, 0.3) is 0 Å². The predicted octanol–water partition coefficient (Wildman–Crippen LogP) is 1.77. The zero-order valence-electron chi connectivity index (χ0n) is 12.0. The van der Waals surface area contributed by atoms with Crippen molar-refractivity contribution in [3.8, 4) is 0 Å². The summed E-state index contributed by atoms with van der Waals surface area (Å²) in [7, 11) is 0. The number of hydrogen-bond acceptors (Lipinski definition) is 5. The van der Waals surface area contributed by atoms with E-state index in [9.17, 15) is 0 Å². The average Bonchev–Trinajstić information content (AvgIpc) is 3.18. The highest BCUT2D eigenvalue weighted by molar-refractivity contribution is 7.09. The number of nitrogens with zero attached hydrogens (tertiary/aromatic N) is 1. The summed E-state index contributed by atoms with van der Waals surface area (Å²) in [5.74, 6) is 5.96. The van der Waals surface area contributed by atoms with Gasteiger partial charge in [-0.25, -0.2) is 0 Å². The fourth-order valence-electron chi connectivity index (χ4n) is 3.91. The first-order chi connectivity index (χ1) is 9.85. The van der Waals surface area contributed by atoms with Crippen LogP contribution in [0.2, 0.25) is 0 Å². The first kappa shape index (κ1) is 14.5. The molecule has 1 saturated carbocycles. The molecule has 112 valence electrons. The van der Waals surface area contributed by atoms with Crippen LogP contribution in [0.5, 0.6) is 0 Å². The monoisotopic (exact) mass is 295 g/mol. The quantitative estimate of drug-likeness (QED) is 0.642. The maximum atomic E-state index is 5.96. The predicted molar refractivity (Wildman–Crippen MR) is 82.7 cm³/mol. The molecule has 2 aliphatic rings. The summed E-state index contributed by atoms with van der Waals surface area (Å²) in [6.07, 6.45) is 6.19. The fraction of sp³-hybridized carbons (Fsp3) is 0.733. The van der Waals surface area contributed by atoms with Gasteiger partial charge in [-0.2, -0.15) is 0 Å². The Morgan fingerprint density at radius 2 is 2.10 bits per heavy atom. The topological polar surface area (TPSA) is 50.5 Å². The van der Waals surface area contributed by atoms with Crippen LogP contribution in [-0.2, 0) is 11.2 Å². The van der Waals surface area contributed by atoms with Gasteiger partial charge >= 0.3 is 0 Å². The Morgan fingerprint density at radius 1 is 1.35 bits per heavy atom. The molecule has 0 radical (unpaired) electrons. The van der Waals surface area contributed by atoms with Crippen LogP contribution in [0.4, 0.5) is 0 Å². The number of morpholine rings is 1. The maximum Gasteiger partial charge on any atom is 0.0594 e. The molecule has 3 N–H and O–H groups in total. The van der Waals surface area contributed by atoms with Crippen LogP contribution >= 0.6 is 11.3 Å². The van der Waals surface area contributed by atoms with E-state index in [1.807, 2.05) is 11.3 Å². The van der Waals surface area contributed by atoms with Gasteiger partial charge in [-0.05, 0) is 24.3 Å². The van der Waals surface area contributed by atoms with E-state index in [4.69, 9.17) is 10.6 Å². The molecular weight excluding hydrogens is 270 g/mol. The zero-order chi connectivity index (χ0) is 13.8. The van der Waals surface area contributed by atoms with Crippen LogP contribution in [-0.4, -0.2) is 42.8 Å². The smallest absolute Gasteiger partial charge is 0.0594 e. The summed E-state index contributed by atoms with van der Waals surface area (Å²) < 4.78 is 5.53. The van der Waals surface area contributed by atoms with E-state index < -0.39 is 0 Å². The van der Waals surface area contributed by atoms with Crippen molar-refractivity contribution >= 4 is 11.3 Å². The van der Waals surface area contributed by atoms with Crippen molar-refractivity contribution < 1.29 is 4.74 Å². The summed E-state index contributed by atoms with van der Waals surface area (Å²) in [6.45, 7) is 3.81. The lowest BCUT2D eigenvalue weighted by Crippen LogP contribution is -2.64. The molecule has 0 aromatic carbocycles. The Hall–Kier alpha value is -0.460. The first-order valence-electron chi connectivity index (χ1n) is 7.66. The summed E-state index contributed by atoms with van der Waals surface area (Å²) in [5, 5.41) is 2.15. The number of hydrogen-bond donors (Lipinski definition) is 2. The van der Waals surface area contributed by atoms with Crippen molar-refractivity contribution in [3.05, 3.63) is 22.4 Å². The minimum atomic E-state index is 0.225. The van der Waals surface area contributed by atoms with E-state index in [1.165, 1.54) is 30.6 Å². The minimum Gasteiger partial charge on any atom is -0.379 e. The van der Waals surface area contributed by atoms with Gasteiger partial charge in [-0.1, -0.05) is 18.9 Å². The van der Waals surface area contributed by atoms with Crippen LogP contribution in [0.1, 0.15) is 30.6 Å². The second-order valence-corrected chi connectivity index (χ2v) is 6.95. The Morgan fingerprint density at radius 3 is 2.70 bits per heavy atom. The molecule has 1 aromatic heterocycles. The highest BCUT2D eigenvalue weighted by Crippen LogP contribution is 2.39. The van der Waals surface area contributed by atoms with Gasteiger partial charge in [0.2, 0.25) is 0 Å². The van der Waals surface area contributed by atoms with Gasteiger partial charge in [0.05, 0.1) is 13.2 Å². The number of nitrogens with one attached hydrogen (secondary N) is 1. The van der Waals surface area contributed by atoms with E-state index in [1.54, 1.807) is 0 Å². The van der Waals surface area contributed by atoms with E-state index in [2.05, 4.69) is 27.8 Å². The third kappa shape index (κ3) is 2.78. The maximum absolute atomic E-state index is 5.96. The van der Waals surface area contributed by atoms with Crippen LogP contribution < -0.4 is 11.3 Å². The van der Waals surface area contributed by atoms with Crippen LogP contribution in [0.15, 0.2) is 17.5 Å². The number of nitrogens with two attached hydrogens (primary N) is 1. The molecule has 1 saturated heterocycles. The van der Waals surface area contributed by atoms with Crippen molar-refractivity contribution in [2.24, 2.45) is 5.84 Å². The standard InChI is InChI=1S/C15H25N3OS/c16-17-14(12-13-4-3-11-20-13)15(5-1-2-6-15)18-7-9-19-10-8-18/h3-4,11,14,17H,1-2,5-10,12,16H2. The van der Waals surface area contributed by atoms with Crippen LogP contribution in [0.3, 0.4) is 0 Å². The second kappa shape index (κ2) is 6.54. The number of ether oxygens (including phenoxy) is 1. The lowest BCUT2D eigenvalue weighted by atomic mass is 9.83. The molecule has 4 nitrogen and oxygen atoms in total. The largest absolute Gasteiger partial charge is 0.379 e. The van der Waals surface area contributed by atoms with Crippen molar-refractivity contribution in [2.75, 3.05) is 26.3 Å². The Balaban J connectivity index is 1.79. The van der Waals surface area contributed by atoms with E-state index in [0.717, 1.165) is 32.7 Å². The van der Waals surface area contributed by atoms with E-state index in [0.29, 0.717) is 6.04 Å². The third-order valence-electron chi connectivity index (χ3n) is 4.95. The molecule has 1 unspecified atom stereocenters. The van der Waals surface area contributed by atoms with Crippen molar-refractivity contribution in [3.63, 3.8) is 0 Å². The fourth-order valence-corrected chi connectivity index (χ4v) is 4.67. The molecule has 1 aliphatic heterocycles. The van der Waals surface area contributed by atoms with E-state index in [-0.39, 0.29) is 5.54 Å². The van der Waals surface area contributed by atoms with Gasteiger partial charge in [0.1, 0.15) is 0 Å². The molecule has 1 aromatic rings. The molecule has 20 heavy (non-hydrogen) atoms. The van der Waals surface area contributed by atoms with Crippen molar-refractivity contribution in [2.45, 2.75) is 43.7 Å². The highest BCUT2D eigenvalue weighted by Gasteiger charge is 2.45. The van der Waals surface area contributed by atoms with E-state index >= 15 is 0 Å². The Bertz CT molecular complexity index is 397. The first-order valence-corrected chi connectivity index (χ1v) is 8.54. The molecule has 0 spiro atoms. The van der Waals surface area contributed by atoms with Gasteiger partial charge in [-0.15, -0.1) is 11.3 Å². The van der Waals surface area contributed by atoms with Gasteiger partial charge in [-0.3, -0.25) is 16.2 Å². The Labute approximate surface area is 125 Å². The summed E-state index contributed by atoms with van der Waals surface area (Å²) >= 11 is 1.83.